The van der Waals surface area contributed by atoms with E-state index in [4.69, 9.17) is 17.3 Å². The molecule has 0 spiro atoms. The summed E-state index contributed by atoms with van der Waals surface area (Å²) in [7, 11) is -3.40. The molecule has 96 valence electrons. The average molecular weight is 295 g/mol. The summed E-state index contributed by atoms with van der Waals surface area (Å²) in [6.07, 6.45) is 1.42. The van der Waals surface area contributed by atoms with Crippen molar-refractivity contribution in [3.8, 4) is 0 Å². The molecule has 7 heteroatoms. The Labute approximate surface area is 110 Å². The van der Waals surface area contributed by atoms with Crippen LogP contribution in [-0.4, -0.2) is 31.4 Å². The van der Waals surface area contributed by atoms with Crippen LogP contribution < -0.4 is 5.73 Å². The van der Waals surface area contributed by atoms with Gasteiger partial charge in [-0.15, -0.1) is 11.3 Å². The summed E-state index contributed by atoms with van der Waals surface area (Å²) in [5, 5.41) is 0. The van der Waals surface area contributed by atoms with Crippen molar-refractivity contribution in [2.75, 3.05) is 6.54 Å². The maximum absolute atomic E-state index is 12.4. The Kier molecular flexibility index (Phi) is 3.80. The zero-order valence-corrected chi connectivity index (χ0v) is 11.9. The summed E-state index contributed by atoms with van der Waals surface area (Å²) < 4.78 is 27.0. The van der Waals surface area contributed by atoms with Crippen molar-refractivity contribution in [2.45, 2.75) is 36.1 Å². The molecule has 0 saturated carbocycles. The molecule has 1 aliphatic heterocycles. The summed E-state index contributed by atoms with van der Waals surface area (Å²) in [6, 6.07) is 3.22. The van der Waals surface area contributed by atoms with Crippen LogP contribution in [0.2, 0.25) is 4.34 Å². The molecule has 0 amide bonds. The molecule has 2 N–H and O–H groups in total. The lowest BCUT2D eigenvalue weighted by molar-refractivity contribution is 0.247. The van der Waals surface area contributed by atoms with Crippen LogP contribution in [0, 0.1) is 0 Å². The number of nitrogens with zero attached hydrogens (tertiary/aromatic N) is 1. The third-order valence-corrected chi connectivity index (χ3v) is 6.68. The van der Waals surface area contributed by atoms with E-state index in [1.807, 2.05) is 6.92 Å². The van der Waals surface area contributed by atoms with Gasteiger partial charge in [-0.1, -0.05) is 11.6 Å². The number of nitrogens with two attached hydrogens (primary N) is 1. The Hall–Kier alpha value is -0.140. The van der Waals surface area contributed by atoms with Gasteiger partial charge in [0.25, 0.3) is 10.0 Å². The minimum Gasteiger partial charge on any atom is -0.328 e. The maximum Gasteiger partial charge on any atom is 0.252 e. The molecule has 1 aliphatic rings. The highest BCUT2D eigenvalue weighted by molar-refractivity contribution is 7.91. The molecular formula is C10H15ClN2O2S2. The van der Waals surface area contributed by atoms with Gasteiger partial charge < -0.3 is 5.73 Å². The van der Waals surface area contributed by atoms with Crippen molar-refractivity contribution in [3.63, 3.8) is 0 Å². The van der Waals surface area contributed by atoms with Gasteiger partial charge in [0.15, 0.2) is 0 Å². The number of hydrogen-bond donors (Lipinski definition) is 1. The largest absolute Gasteiger partial charge is 0.328 e. The molecule has 0 unspecified atom stereocenters. The highest BCUT2D eigenvalue weighted by atomic mass is 35.5. The fraction of sp³-hybridized carbons (Fsp3) is 0.600. The molecule has 0 aliphatic carbocycles. The highest BCUT2D eigenvalue weighted by Crippen LogP contribution is 2.31. The summed E-state index contributed by atoms with van der Waals surface area (Å²) in [5.74, 6) is 0. The van der Waals surface area contributed by atoms with E-state index in [2.05, 4.69) is 0 Å². The predicted octanol–water partition coefficient (Wildman–Crippen LogP) is 1.90. The van der Waals surface area contributed by atoms with Gasteiger partial charge in [0.1, 0.15) is 4.21 Å². The minimum absolute atomic E-state index is 0.0513. The smallest absolute Gasteiger partial charge is 0.252 e. The molecule has 2 atom stereocenters. The molecule has 17 heavy (non-hydrogen) atoms. The van der Waals surface area contributed by atoms with Crippen molar-refractivity contribution in [1.82, 2.24) is 4.31 Å². The van der Waals surface area contributed by atoms with Gasteiger partial charge in [-0.25, -0.2) is 8.42 Å². The number of hydrogen-bond acceptors (Lipinski definition) is 4. The molecule has 0 aromatic carbocycles. The second-order valence-corrected chi connectivity index (χ2v) is 8.14. The van der Waals surface area contributed by atoms with Gasteiger partial charge >= 0.3 is 0 Å². The Morgan fingerprint density at radius 3 is 2.76 bits per heavy atom. The van der Waals surface area contributed by atoms with Crippen LogP contribution in [0.1, 0.15) is 19.8 Å². The van der Waals surface area contributed by atoms with Gasteiger partial charge in [0.05, 0.1) is 4.34 Å². The lowest BCUT2D eigenvalue weighted by Gasteiger charge is -2.34. The average Bonchev–Trinajstić information content (AvgIpc) is 2.64. The SMILES string of the molecule is C[C@@H]1C[C@H](N)CCN1S(=O)(=O)c1ccc(Cl)s1. The van der Waals surface area contributed by atoms with Crippen molar-refractivity contribution >= 4 is 33.0 Å². The van der Waals surface area contributed by atoms with E-state index in [9.17, 15) is 8.42 Å². The second-order valence-electron chi connectivity index (χ2n) is 4.31. The first-order valence-electron chi connectivity index (χ1n) is 5.44. The van der Waals surface area contributed by atoms with Crippen LogP contribution >= 0.6 is 22.9 Å². The van der Waals surface area contributed by atoms with E-state index in [-0.39, 0.29) is 12.1 Å². The quantitative estimate of drug-likeness (QED) is 0.906. The number of thiophene rings is 1. The van der Waals surface area contributed by atoms with Crippen LogP contribution in [0.5, 0.6) is 0 Å². The van der Waals surface area contributed by atoms with Gasteiger partial charge in [-0.3, -0.25) is 0 Å². The Bertz CT molecular complexity index is 500. The summed E-state index contributed by atoms with van der Waals surface area (Å²) in [4.78, 5) is 0. The molecular weight excluding hydrogens is 280 g/mol. The fourth-order valence-corrected chi connectivity index (χ4v) is 5.36. The molecule has 2 heterocycles. The highest BCUT2D eigenvalue weighted by Gasteiger charge is 2.34. The zero-order chi connectivity index (χ0) is 12.6. The van der Waals surface area contributed by atoms with Gasteiger partial charge in [-0.2, -0.15) is 4.31 Å². The molecule has 0 bridgehead atoms. The Balaban J connectivity index is 2.27. The van der Waals surface area contributed by atoms with E-state index in [1.54, 1.807) is 12.1 Å². The summed E-state index contributed by atoms with van der Waals surface area (Å²) >= 11 is 6.88. The van der Waals surface area contributed by atoms with Crippen LogP contribution in [0.3, 0.4) is 0 Å². The topological polar surface area (TPSA) is 63.4 Å². The summed E-state index contributed by atoms with van der Waals surface area (Å²) in [5.41, 5.74) is 5.83. The van der Waals surface area contributed by atoms with E-state index < -0.39 is 10.0 Å². The van der Waals surface area contributed by atoms with Crippen molar-refractivity contribution in [2.24, 2.45) is 5.73 Å². The number of rotatable bonds is 2. The van der Waals surface area contributed by atoms with Crippen molar-refractivity contribution < 1.29 is 8.42 Å². The lowest BCUT2D eigenvalue weighted by Crippen LogP contribution is -2.48. The van der Waals surface area contributed by atoms with Crippen LogP contribution in [0.15, 0.2) is 16.3 Å². The first kappa shape index (κ1) is 13.3. The van der Waals surface area contributed by atoms with Crippen LogP contribution in [0.4, 0.5) is 0 Å². The lowest BCUT2D eigenvalue weighted by atomic mass is 10.0. The second kappa shape index (κ2) is 4.85. The first-order chi connectivity index (χ1) is 7.91. The Morgan fingerprint density at radius 2 is 2.24 bits per heavy atom. The molecule has 1 fully saturated rings. The van der Waals surface area contributed by atoms with Crippen LogP contribution in [0.25, 0.3) is 0 Å². The van der Waals surface area contributed by atoms with E-state index in [0.29, 0.717) is 27.9 Å². The number of sulfonamides is 1. The monoisotopic (exact) mass is 294 g/mol. The maximum atomic E-state index is 12.4. The van der Waals surface area contributed by atoms with E-state index >= 15 is 0 Å². The fourth-order valence-electron chi connectivity index (χ4n) is 2.10. The Morgan fingerprint density at radius 1 is 1.53 bits per heavy atom. The zero-order valence-electron chi connectivity index (χ0n) is 9.47. The van der Waals surface area contributed by atoms with Crippen LogP contribution in [-0.2, 0) is 10.0 Å². The molecule has 4 nitrogen and oxygen atoms in total. The van der Waals surface area contributed by atoms with Gasteiger partial charge in [-0.05, 0) is 31.9 Å². The minimum atomic E-state index is -3.40. The number of piperidine rings is 1. The predicted molar refractivity (Wildman–Crippen MR) is 69.9 cm³/mol. The van der Waals surface area contributed by atoms with E-state index in [1.165, 1.54) is 4.31 Å². The van der Waals surface area contributed by atoms with Crippen molar-refractivity contribution in [1.29, 1.82) is 0 Å². The standard InChI is InChI=1S/C10H15ClN2O2S2/c1-7-6-8(12)4-5-13(7)17(14,15)10-3-2-9(11)16-10/h2-3,7-8H,4-6,12H2,1H3/t7-,8-/m1/s1. The van der Waals surface area contributed by atoms with Gasteiger partial charge in [0.2, 0.25) is 0 Å². The van der Waals surface area contributed by atoms with Crippen molar-refractivity contribution in [3.05, 3.63) is 16.5 Å². The number of halogens is 1. The summed E-state index contributed by atoms with van der Waals surface area (Å²) in [6.45, 7) is 2.38. The third-order valence-electron chi connectivity index (χ3n) is 2.97. The molecule has 2 rings (SSSR count). The van der Waals surface area contributed by atoms with Gasteiger partial charge in [0, 0.05) is 18.6 Å². The molecule has 1 aromatic heterocycles. The normalized spacial score (nSPS) is 27.2. The first-order valence-corrected chi connectivity index (χ1v) is 8.07. The molecule has 1 aromatic rings. The third kappa shape index (κ3) is 2.66. The molecule has 0 radical (unpaired) electrons. The van der Waals surface area contributed by atoms with E-state index in [0.717, 1.165) is 11.3 Å². The molecule has 1 saturated heterocycles.